The summed E-state index contributed by atoms with van der Waals surface area (Å²) >= 11 is 6.09. The second-order valence-electron chi connectivity index (χ2n) is 4.78. The van der Waals surface area contributed by atoms with Crippen molar-refractivity contribution < 1.29 is 9.13 Å². The van der Waals surface area contributed by atoms with E-state index in [1.807, 2.05) is 24.3 Å². The van der Waals surface area contributed by atoms with Gasteiger partial charge in [-0.3, -0.25) is 0 Å². The fourth-order valence-corrected chi connectivity index (χ4v) is 2.21. The topological polar surface area (TPSA) is 21.3 Å². The highest BCUT2D eigenvalue weighted by Crippen LogP contribution is 2.25. The maximum atomic E-state index is 14.0. The molecule has 0 unspecified atom stereocenters. The van der Waals surface area contributed by atoms with Crippen LogP contribution >= 0.6 is 11.6 Å². The first kappa shape index (κ1) is 15.8. The molecule has 2 aromatic rings. The van der Waals surface area contributed by atoms with E-state index in [0.29, 0.717) is 17.3 Å². The molecule has 112 valence electrons. The Labute approximate surface area is 129 Å². The van der Waals surface area contributed by atoms with Crippen LogP contribution in [0.25, 0.3) is 0 Å². The third kappa shape index (κ3) is 4.45. The van der Waals surface area contributed by atoms with Crippen LogP contribution < -0.4 is 10.1 Å². The van der Waals surface area contributed by atoms with Crippen LogP contribution in [0.15, 0.2) is 42.5 Å². The number of para-hydroxylation sites is 1. The van der Waals surface area contributed by atoms with Crippen molar-refractivity contribution in [2.24, 2.45) is 0 Å². The van der Waals surface area contributed by atoms with Crippen molar-refractivity contribution in [1.82, 2.24) is 5.32 Å². The van der Waals surface area contributed by atoms with Crippen LogP contribution in [0.4, 0.5) is 4.39 Å². The van der Waals surface area contributed by atoms with Gasteiger partial charge in [0.1, 0.15) is 6.61 Å². The summed E-state index contributed by atoms with van der Waals surface area (Å²) in [6, 6.07) is 12.4. The van der Waals surface area contributed by atoms with E-state index in [0.717, 1.165) is 24.1 Å². The van der Waals surface area contributed by atoms with Crippen molar-refractivity contribution in [3.63, 3.8) is 0 Å². The van der Waals surface area contributed by atoms with Gasteiger partial charge in [-0.05, 0) is 25.1 Å². The molecule has 21 heavy (non-hydrogen) atoms. The Kier molecular flexibility index (Phi) is 6.03. The van der Waals surface area contributed by atoms with Crippen molar-refractivity contribution in [3.05, 3.63) is 64.4 Å². The molecule has 0 spiro atoms. The van der Waals surface area contributed by atoms with Gasteiger partial charge in [-0.1, -0.05) is 48.9 Å². The number of hydrogen-bond donors (Lipinski definition) is 1. The predicted molar refractivity (Wildman–Crippen MR) is 84.2 cm³/mol. The fraction of sp³-hybridized carbons (Fsp3) is 0.294. The summed E-state index contributed by atoms with van der Waals surface area (Å²) in [7, 11) is 0. The van der Waals surface area contributed by atoms with Crippen molar-refractivity contribution in [1.29, 1.82) is 0 Å². The van der Waals surface area contributed by atoms with Crippen molar-refractivity contribution in [2.75, 3.05) is 6.54 Å². The minimum atomic E-state index is -0.349. The Bertz CT molecular complexity index is 589. The first-order chi connectivity index (χ1) is 10.2. The summed E-state index contributed by atoms with van der Waals surface area (Å²) in [6.07, 6.45) is 1.03. The molecule has 0 saturated heterocycles. The normalized spacial score (nSPS) is 10.6. The number of ether oxygens (including phenoxy) is 1. The van der Waals surface area contributed by atoms with Gasteiger partial charge in [0, 0.05) is 22.7 Å². The standard InChI is InChI=1S/C17H19ClFNO/c1-2-10-20-11-13-7-5-9-16(19)17(13)21-12-14-6-3-4-8-15(14)18/h3-9,20H,2,10-12H2,1H3. The Morgan fingerprint density at radius 3 is 2.62 bits per heavy atom. The van der Waals surface area contributed by atoms with E-state index in [4.69, 9.17) is 16.3 Å². The number of hydrogen-bond acceptors (Lipinski definition) is 2. The van der Waals surface area contributed by atoms with Crippen LogP contribution in [-0.2, 0) is 13.2 Å². The summed E-state index contributed by atoms with van der Waals surface area (Å²) in [5, 5.41) is 3.88. The first-order valence-corrected chi connectivity index (χ1v) is 7.44. The lowest BCUT2D eigenvalue weighted by Gasteiger charge is -2.13. The molecular weight excluding hydrogens is 289 g/mol. The van der Waals surface area contributed by atoms with Crippen LogP contribution in [0.2, 0.25) is 5.02 Å². The zero-order valence-electron chi connectivity index (χ0n) is 12.0. The largest absolute Gasteiger partial charge is 0.485 e. The maximum Gasteiger partial charge on any atom is 0.165 e. The zero-order valence-corrected chi connectivity index (χ0v) is 12.8. The molecule has 2 nitrogen and oxygen atoms in total. The molecule has 0 aliphatic carbocycles. The third-order valence-electron chi connectivity index (χ3n) is 3.12. The quantitative estimate of drug-likeness (QED) is 0.757. The Morgan fingerprint density at radius 1 is 1.10 bits per heavy atom. The summed E-state index contributed by atoms with van der Waals surface area (Å²) in [4.78, 5) is 0. The van der Waals surface area contributed by atoms with Crippen LogP contribution in [0.1, 0.15) is 24.5 Å². The van der Waals surface area contributed by atoms with Gasteiger partial charge in [-0.25, -0.2) is 4.39 Å². The number of nitrogens with one attached hydrogen (secondary N) is 1. The van der Waals surface area contributed by atoms with Gasteiger partial charge in [0.25, 0.3) is 0 Å². The van der Waals surface area contributed by atoms with Crippen molar-refractivity contribution >= 4 is 11.6 Å². The molecule has 0 aliphatic rings. The molecular formula is C17H19ClFNO. The maximum absolute atomic E-state index is 14.0. The smallest absolute Gasteiger partial charge is 0.165 e. The summed E-state index contributed by atoms with van der Waals surface area (Å²) in [5.41, 5.74) is 1.66. The third-order valence-corrected chi connectivity index (χ3v) is 3.49. The molecule has 4 heteroatoms. The van der Waals surface area contributed by atoms with E-state index in [1.54, 1.807) is 12.1 Å². The molecule has 0 saturated carbocycles. The number of rotatable bonds is 7. The summed E-state index contributed by atoms with van der Waals surface area (Å²) in [6.45, 7) is 3.82. The molecule has 0 amide bonds. The Morgan fingerprint density at radius 2 is 1.86 bits per heavy atom. The van der Waals surface area contributed by atoms with E-state index in [1.165, 1.54) is 6.07 Å². The van der Waals surface area contributed by atoms with Gasteiger partial charge in [0.15, 0.2) is 11.6 Å². The van der Waals surface area contributed by atoms with E-state index < -0.39 is 0 Å². The number of benzene rings is 2. The average Bonchev–Trinajstić information content (AvgIpc) is 2.48. The number of halogens is 2. The molecule has 0 aromatic heterocycles. The summed E-state index contributed by atoms with van der Waals surface area (Å²) < 4.78 is 19.6. The Balaban J connectivity index is 2.09. The van der Waals surface area contributed by atoms with Gasteiger partial charge in [-0.2, -0.15) is 0 Å². The second kappa shape index (κ2) is 8.01. The molecule has 0 fully saturated rings. The first-order valence-electron chi connectivity index (χ1n) is 7.06. The van der Waals surface area contributed by atoms with E-state index in [9.17, 15) is 4.39 Å². The minimum Gasteiger partial charge on any atom is -0.485 e. The van der Waals surface area contributed by atoms with Gasteiger partial charge in [0.05, 0.1) is 0 Å². The minimum absolute atomic E-state index is 0.251. The van der Waals surface area contributed by atoms with E-state index in [2.05, 4.69) is 12.2 Å². The summed E-state index contributed by atoms with van der Waals surface area (Å²) in [5.74, 6) is -0.0566. The molecule has 2 rings (SSSR count). The predicted octanol–water partition coefficient (Wildman–Crippen LogP) is 4.56. The van der Waals surface area contributed by atoms with Gasteiger partial charge < -0.3 is 10.1 Å². The lowest BCUT2D eigenvalue weighted by molar-refractivity contribution is 0.286. The molecule has 0 heterocycles. The molecule has 0 atom stereocenters. The highest BCUT2D eigenvalue weighted by molar-refractivity contribution is 6.31. The van der Waals surface area contributed by atoms with Crippen LogP contribution in [0.3, 0.4) is 0 Å². The van der Waals surface area contributed by atoms with Crippen LogP contribution in [0, 0.1) is 5.82 Å². The molecule has 1 N–H and O–H groups in total. The fourth-order valence-electron chi connectivity index (χ4n) is 2.02. The highest BCUT2D eigenvalue weighted by atomic mass is 35.5. The zero-order chi connectivity index (χ0) is 15.1. The second-order valence-corrected chi connectivity index (χ2v) is 5.19. The molecule has 0 aliphatic heterocycles. The van der Waals surface area contributed by atoms with Gasteiger partial charge in [0.2, 0.25) is 0 Å². The monoisotopic (exact) mass is 307 g/mol. The van der Waals surface area contributed by atoms with Crippen molar-refractivity contribution in [3.8, 4) is 5.75 Å². The average molecular weight is 308 g/mol. The molecule has 0 radical (unpaired) electrons. The molecule has 0 bridgehead atoms. The van der Waals surface area contributed by atoms with Crippen LogP contribution in [-0.4, -0.2) is 6.54 Å². The molecule has 2 aromatic carbocycles. The lowest BCUT2D eigenvalue weighted by atomic mass is 10.2. The van der Waals surface area contributed by atoms with E-state index >= 15 is 0 Å². The van der Waals surface area contributed by atoms with Gasteiger partial charge in [-0.15, -0.1) is 0 Å². The highest BCUT2D eigenvalue weighted by Gasteiger charge is 2.10. The van der Waals surface area contributed by atoms with E-state index in [-0.39, 0.29) is 12.4 Å². The van der Waals surface area contributed by atoms with Crippen LogP contribution in [0.5, 0.6) is 5.75 Å². The SMILES string of the molecule is CCCNCc1cccc(F)c1OCc1ccccc1Cl. The van der Waals surface area contributed by atoms with Gasteiger partial charge >= 0.3 is 0 Å². The lowest BCUT2D eigenvalue weighted by Crippen LogP contribution is -2.15. The van der Waals surface area contributed by atoms with Crippen molar-refractivity contribution in [2.45, 2.75) is 26.5 Å². The Hall–Kier alpha value is -1.58.